The maximum absolute atomic E-state index is 13.3. The molecule has 144 valence electrons. The van der Waals surface area contributed by atoms with Crippen LogP contribution in [0.5, 0.6) is 0 Å². The molecular formula is C19H27FN2O3S. The van der Waals surface area contributed by atoms with Crippen LogP contribution in [0, 0.1) is 17.7 Å². The maximum Gasteiger partial charge on any atom is 0.224 e. The van der Waals surface area contributed by atoms with Crippen molar-refractivity contribution < 1.29 is 17.6 Å². The van der Waals surface area contributed by atoms with Crippen LogP contribution < -0.4 is 5.32 Å². The third-order valence-corrected chi connectivity index (χ3v) is 6.89. The van der Waals surface area contributed by atoms with Gasteiger partial charge in [-0.1, -0.05) is 25.0 Å². The quantitative estimate of drug-likeness (QED) is 0.852. The number of benzene rings is 1. The van der Waals surface area contributed by atoms with E-state index >= 15 is 0 Å². The summed E-state index contributed by atoms with van der Waals surface area (Å²) in [5.41, 5.74) is 0.919. The van der Waals surface area contributed by atoms with E-state index < -0.39 is 10.0 Å². The van der Waals surface area contributed by atoms with E-state index in [0.29, 0.717) is 25.3 Å². The van der Waals surface area contributed by atoms with Crippen LogP contribution in [0.15, 0.2) is 24.3 Å². The van der Waals surface area contributed by atoms with Gasteiger partial charge >= 0.3 is 0 Å². The number of piperidine rings is 1. The van der Waals surface area contributed by atoms with Gasteiger partial charge in [0.2, 0.25) is 15.9 Å². The monoisotopic (exact) mass is 382 g/mol. The molecule has 1 saturated heterocycles. The summed E-state index contributed by atoms with van der Waals surface area (Å²) in [7, 11) is -3.28. The van der Waals surface area contributed by atoms with Crippen molar-refractivity contribution in [3.05, 3.63) is 35.6 Å². The molecule has 1 aliphatic heterocycles. The molecule has 0 spiro atoms. The van der Waals surface area contributed by atoms with Gasteiger partial charge in [0.05, 0.1) is 18.2 Å². The summed E-state index contributed by atoms with van der Waals surface area (Å²) in [6.45, 7) is 0.720. The van der Waals surface area contributed by atoms with Gasteiger partial charge in [-0.05, 0) is 49.3 Å². The first-order valence-corrected chi connectivity index (χ1v) is 11.2. The number of sulfonamides is 1. The predicted octanol–water partition coefficient (Wildman–Crippen LogP) is 2.84. The van der Waals surface area contributed by atoms with E-state index in [1.54, 1.807) is 12.1 Å². The van der Waals surface area contributed by atoms with Gasteiger partial charge in [0.15, 0.2) is 0 Å². The van der Waals surface area contributed by atoms with Gasteiger partial charge in [0.25, 0.3) is 0 Å². The lowest BCUT2D eigenvalue weighted by atomic mass is 9.90. The Morgan fingerprint density at radius 2 is 1.81 bits per heavy atom. The maximum atomic E-state index is 13.3. The summed E-state index contributed by atoms with van der Waals surface area (Å²) in [5, 5.41) is 3.15. The van der Waals surface area contributed by atoms with Crippen LogP contribution in [0.3, 0.4) is 0 Å². The molecule has 0 aromatic heterocycles. The number of hydrogen-bond acceptors (Lipinski definition) is 3. The lowest BCUT2D eigenvalue weighted by molar-refractivity contribution is -0.127. The van der Waals surface area contributed by atoms with Crippen molar-refractivity contribution in [2.75, 3.05) is 19.3 Å². The SMILES string of the molecule is CS(=O)(=O)N1CCC[C@@H](C(=O)N[C@H](c2ccc(F)cc2)C2CCCC2)C1. The number of rotatable bonds is 5. The molecule has 1 aliphatic carbocycles. The number of hydrogen-bond donors (Lipinski definition) is 1. The molecule has 2 fully saturated rings. The second-order valence-corrected chi connectivity index (χ2v) is 9.52. The van der Waals surface area contributed by atoms with E-state index in [1.807, 2.05) is 0 Å². The van der Waals surface area contributed by atoms with Gasteiger partial charge in [0, 0.05) is 13.1 Å². The van der Waals surface area contributed by atoms with Crippen molar-refractivity contribution in [1.29, 1.82) is 0 Å². The van der Waals surface area contributed by atoms with Gasteiger partial charge in [-0.25, -0.2) is 17.1 Å². The van der Waals surface area contributed by atoms with Gasteiger partial charge < -0.3 is 5.32 Å². The molecule has 3 rings (SSSR count). The van der Waals surface area contributed by atoms with E-state index in [9.17, 15) is 17.6 Å². The zero-order valence-electron chi connectivity index (χ0n) is 15.2. The molecule has 0 bridgehead atoms. The first kappa shape index (κ1) is 19.3. The van der Waals surface area contributed by atoms with Crippen LogP contribution in [0.4, 0.5) is 4.39 Å². The van der Waals surface area contributed by atoms with E-state index in [0.717, 1.165) is 31.2 Å². The van der Waals surface area contributed by atoms with E-state index in [-0.39, 0.29) is 30.2 Å². The molecular weight excluding hydrogens is 355 g/mol. The highest BCUT2D eigenvalue weighted by atomic mass is 32.2. The third-order valence-electron chi connectivity index (χ3n) is 5.62. The fraction of sp³-hybridized carbons (Fsp3) is 0.632. The first-order valence-electron chi connectivity index (χ1n) is 9.35. The number of carbonyl (C=O) groups excluding carboxylic acids is 1. The van der Waals surface area contributed by atoms with Crippen molar-refractivity contribution in [3.8, 4) is 0 Å². The van der Waals surface area contributed by atoms with Crippen LogP contribution in [-0.2, 0) is 14.8 Å². The van der Waals surface area contributed by atoms with Crippen LogP contribution in [-0.4, -0.2) is 38.0 Å². The molecule has 1 heterocycles. The van der Waals surface area contributed by atoms with Gasteiger partial charge in [-0.3, -0.25) is 4.79 Å². The average Bonchev–Trinajstić information content (AvgIpc) is 3.14. The number of nitrogens with one attached hydrogen (secondary N) is 1. The van der Waals surface area contributed by atoms with Gasteiger partial charge in [0.1, 0.15) is 5.82 Å². The van der Waals surface area contributed by atoms with Crippen molar-refractivity contribution in [2.24, 2.45) is 11.8 Å². The lowest BCUT2D eigenvalue weighted by Crippen LogP contribution is -2.46. The second-order valence-electron chi connectivity index (χ2n) is 7.54. The first-order chi connectivity index (χ1) is 12.3. The smallest absolute Gasteiger partial charge is 0.224 e. The Labute approximate surface area is 155 Å². The molecule has 1 aromatic rings. The molecule has 1 amide bonds. The molecule has 1 saturated carbocycles. The summed E-state index contributed by atoms with van der Waals surface area (Å²) in [5.74, 6) is -0.372. The topological polar surface area (TPSA) is 66.5 Å². The van der Waals surface area contributed by atoms with Gasteiger partial charge in [-0.15, -0.1) is 0 Å². The molecule has 2 atom stereocenters. The van der Waals surface area contributed by atoms with E-state index in [4.69, 9.17) is 0 Å². The molecule has 0 radical (unpaired) electrons. The van der Waals surface area contributed by atoms with Crippen molar-refractivity contribution in [2.45, 2.75) is 44.6 Å². The number of nitrogens with zero attached hydrogens (tertiary/aromatic N) is 1. The Bertz CT molecular complexity index is 730. The molecule has 1 N–H and O–H groups in total. The number of amides is 1. The summed E-state index contributed by atoms with van der Waals surface area (Å²) >= 11 is 0. The molecule has 2 aliphatic rings. The minimum Gasteiger partial charge on any atom is -0.349 e. The Kier molecular flexibility index (Phi) is 5.97. The minimum absolute atomic E-state index is 0.0976. The largest absolute Gasteiger partial charge is 0.349 e. The molecule has 5 nitrogen and oxygen atoms in total. The van der Waals surface area contributed by atoms with Crippen LogP contribution >= 0.6 is 0 Å². The summed E-state index contributed by atoms with van der Waals surface area (Å²) in [4.78, 5) is 12.9. The van der Waals surface area contributed by atoms with E-state index in [2.05, 4.69) is 5.32 Å². The van der Waals surface area contributed by atoms with Crippen LogP contribution in [0.1, 0.15) is 50.1 Å². The highest BCUT2D eigenvalue weighted by Crippen LogP contribution is 2.36. The standard InChI is InChI=1S/C19H27FN2O3S/c1-26(24,25)22-12-4-7-16(13-22)19(23)21-18(14-5-2-3-6-14)15-8-10-17(20)11-9-15/h8-11,14,16,18H,2-7,12-13H2,1H3,(H,21,23)/t16-,18+/m1/s1. The van der Waals surface area contributed by atoms with Crippen molar-refractivity contribution >= 4 is 15.9 Å². The van der Waals surface area contributed by atoms with Crippen LogP contribution in [0.2, 0.25) is 0 Å². The summed E-state index contributed by atoms with van der Waals surface area (Å²) in [6.07, 6.45) is 6.94. The third kappa shape index (κ3) is 4.62. The van der Waals surface area contributed by atoms with Crippen molar-refractivity contribution in [1.82, 2.24) is 9.62 Å². The molecule has 1 aromatic carbocycles. The zero-order chi connectivity index (χ0) is 18.7. The van der Waals surface area contributed by atoms with Gasteiger partial charge in [-0.2, -0.15) is 0 Å². The normalized spacial score (nSPS) is 23.7. The molecule has 7 heteroatoms. The van der Waals surface area contributed by atoms with E-state index in [1.165, 1.54) is 22.7 Å². The molecule has 0 unspecified atom stereocenters. The van der Waals surface area contributed by atoms with Crippen molar-refractivity contribution in [3.63, 3.8) is 0 Å². The Hall–Kier alpha value is -1.47. The minimum atomic E-state index is -3.28. The Balaban J connectivity index is 1.73. The summed E-state index contributed by atoms with van der Waals surface area (Å²) in [6, 6.07) is 6.19. The highest BCUT2D eigenvalue weighted by molar-refractivity contribution is 7.88. The fourth-order valence-electron chi connectivity index (χ4n) is 4.16. The number of carbonyl (C=O) groups is 1. The predicted molar refractivity (Wildman–Crippen MR) is 98.4 cm³/mol. The fourth-order valence-corrected chi connectivity index (χ4v) is 5.07. The lowest BCUT2D eigenvalue weighted by Gasteiger charge is -2.32. The van der Waals surface area contributed by atoms with Crippen LogP contribution in [0.25, 0.3) is 0 Å². The Morgan fingerprint density at radius 3 is 2.42 bits per heavy atom. The highest BCUT2D eigenvalue weighted by Gasteiger charge is 2.33. The second kappa shape index (κ2) is 8.05. The summed E-state index contributed by atoms with van der Waals surface area (Å²) < 4.78 is 38.3. The zero-order valence-corrected chi connectivity index (χ0v) is 16.0. The molecule has 26 heavy (non-hydrogen) atoms. The average molecular weight is 383 g/mol. The number of halogens is 1. The Morgan fingerprint density at radius 1 is 1.15 bits per heavy atom.